The molecule has 1 aliphatic heterocycles. The van der Waals surface area contributed by atoms with Gasteiger partial charge in [0.15, 0.2) is 0 Å². The first-order valence-corrected chi connectivity index (χ1v) is 5.77. The normalized spacial score (nSPS) is 37.4. The number of rotatable bonds is 2. The zero-order valence-electron chi connectivity index (χ0n) is 8.71. The van der Waals surface area contributed by atoms with Crippen LogP contribution in [0.3, 0.4) is 0 Å². The largest absolute Gasteiger partial charge is 0.327 e. The molecule has 0 amide bonds. The predicted octanol–water partition coefficient (Wildman–Crippen LogP) is 1.60. The Hall–Kier alpha value is -0.0800. The van der Waals surface area contributed by atoms with Crippen LogP contribution in [-0.4, -0.2) is 30.1 Å². The van der Waals surface area contributed by atoms with Crippen LogP contribution in [0.4, 0.5) is 0 Å². The van der Waals surface area contributed by atoms with Crippen molar-refractivity contribution in [1.82, 2.24) is 4.90 Å². The molecule has 3 atom stereocenters. The van der Waals surface area contributed by atoms with E-state index in [-0.39, 0.29) is 0 Å². The van der Waals surface area contributed by atoms with Crippen molar-refractivity contribution in [2.75, 3.05) is 13.1 Å². The maximum absolute atomic E-state index is 5.85. The van der Waals surface area contributed by atoms with Crippen LogP contribution in [0.1, 0.15) is 39.0 Å². The smallest absolute Gasteiger partial charge is 0.0139 e. The van der Waals surface area contributed by atoms with Crippen molar-refractivity contribution in [3.63, 3.8) is 0 Å². The fraction of sp³-hybridized carbons (Fsp3) is 1.00. The summed E-state index contributed by atoms with van der Waals surface area (Å²) in [6.07, 6.45) is 7.23. The third-order valence-corrected chi connectivity index (χ3v) is 3.65. The van der Waals surface area contributed by atoms with E-state index in [0.29, 0.717) is 6.04 Å². The van der Waals surface area contributed by atoms with E-state index in [1.54, 1.807) is 0 Å². The average Bonchev–Trinajstić information content (AvgIpc) is 2.48. The second kappa shape index (κ2) is 3.97. The van der Waals surface area contributed by atoms with Crippen molar-refractivity contribution in [2.24, 2.45) is 11.7 Å². The minimum absolute atomic E-state index is 0.348. The number of likely N-dealkylation sites (tertiary alicyclic amines) is 1. The average molecular weight is 182 g/mol. The minimum Gasteiger partial charge on any atom is -0.327 e. The highest BCUT2D eigenvalue weighted by Gasteiger charge is 2.35. The molecule has 2 fully saturated rings. The molecule has 0 bridgehead atoms. The number of hydrogen-bond donors (Lipinski definition) is 1. The van der Waals surface area contributed by atoms with Crippen molar-refractivity contribution in [1.29, 1.82) is 0 Å². The molecule has 1 aliphatic carbocycles. The number of nitrogens with two attached hydrogens (primary N) is 1. The standard InChI is InChI=1S/C11H22N2/c1-9(12)8-13-7-6-10-4-2-3-5-11(10)13/h9-11H,2-8,12H2,1H3/t9-,10+,11+/m1/s1. The van der Waals surface area contributed by atoms with Crippen molar-refractivity contribution in [2.45, 2.75) is 51.1 Å². The molecule has 2 N–H and O–H groups in total. The summed E-state index contributed by atoms with van der Waals surface area (Å²) in [7, 11) is 0. The Labute approximate surface area is 81.5 Å². The molecule has 1 saturated carbocycles. The molecule has 0 radical (unpaired) electrons. The van der Waals surface area contributed by atoms with Gasteiger partial charge in [0.1, 0.15) is 0 Å². The molecular formula is C11H22N2. The Balaban J connectivity index is 1.91. The highest BCUT2D eigenvalue weighted by molar-refractivity contribution is 4.90. The lowest BCUT2D eigenvalue weighted by molar-refractivity contribution is 0.176. The lowest BCUT2D eigenvalue weighted by Gasteiger charge is -2.32. The van der Waals surface area contributed by atoms with Crippen LogP contribution in [0.5, 0.6) is 0 Å². The van der Waals surface area contributed by atoms with E-state index >= 15 is 0 Å². The van der Waals surface area contributed by atoms with Gasteiger partial charge in [0.2, 0.25) is 0 Å². The van der Waals surface area contributed by atoms with Gasteiger partial charge >= 0.3 is 0 Å². The molecule has 2 rings (SSSR count). The maximum atomic E-state index is 5.85. The monoisotopic (exact) mass is 182 g/mol. The van der Waals surface area contributed by atoms with Crippen molar-refractivity contribution in [3.8, 4) is 0 Å². The molecule has 0 spiro atoms. The SMILES string of the molecule is C[C@@H](N)CN1CC[C@@H]2CCCC[C@@H]21. The van der Waals surface area contributed by atoms with Crippen LogP contribution in [-0.2, 0) is 0 Å². The van der Waals surface area contributed by atoms with Crippen molar-refractivity contribution >= 4 is 0 Å². The van der Waals surface area contributed by atoms with Crippen LogP contribution in [0, 0.1) is 5.92 Å². The first-order valence-electron chi connectivity index (χ1n) is 5.77. The fourth-order valence-electron chi connectivity index (χ4n) is 3.10. The summed E-state index contributed by atoms with van der Waals surface area (Å²) >= 11 is 0. The zero-order chi connectivity index (χ0) is 9.26. The molecule has 2 heteroatoms. The molecule has 13 heavy (non-hydrogen) atoms. The van der Waals surface area contributed by atoms with E-state index in [1.807, 2.05) is 0 Å². The summed E-state index contributed by atoms with van der Waals surface area (Å²) < 4.78 is 0. The molecule has 1 saturated heterocycles. The summed E-state index contributed by atoms with van der Waals surface area (Å²) in [5.74, 6) is 1.01. The fourth-order valence-corrected chi connectivity index (χ4v) is 3.10. The van der Waals surface area contributed by atoms with Gasteiger partial charge in [-0.15, -0.1) is 0 Å². The Morgan fingerprint density at radius 3 is 2.85 bits per heavy atom. The van der Waals surface area contributed by atoms with Gasteiger partial charge in [0.25, 0.3) is 0 Å². The number of fused-ring (bicyclic) bond motifs is 1. The minimum atomic E-state index is 0.348. The van der Waals surface area contributed by atoms with Gasteiger partial charge in [-0.3, -0.25) is 4.90 Å². The van der Waals surface area contributed by atoms with Crippen molar-refractivity contribution in [3.05, 3.63) is 0 Å². The molecule has 2 nitrogen and oxygen atoms in total. The Morgan fingerprint density at radius 2 is 2.08 bits per heavy atom. The van der Waals surface area contributed by atoms with Crippen molar-refractivity contribution < 1.29 is 0 Å². The van der Waals surface area contributed by atoms with Gasteiger partial charge in [-0.2, -0.15) is 0 Å². The number of hydrogen-bond acceptors (Lipinski definition) is 2. The van der Waals surface area contributed by atoms with E-state index in [1.165, 1.54) is 38.6 Å². The first kappa shape index (κ1) is 9.47. The summed E-state index contributed by atoms with van der Waals surface area (Å²) in [6, 6.07) is 1.24. The highest BCUT2D eigenvalue weighted by Crippen LogP contribution is 2.35. The summed E-state index contributed by atoms with van der Waals surface area (Å²) in [5.41, 5.74) is 5.85. The van der Waals surface area contributed by atoms with Gasteiger partial charge in [-0.25, -0.2) is 0 Å². The van der Waals surface area contributed by atoms with E-state index in [4.69, 9.17) is 5.73 Å². The molecule has 0 unspecified atom stereocenters. The molecular weight excluding hydrogens is 160 g/mol. The lowest BCUT2D eigenvalue weighted by Crippen LogP contribution is -2.41. The third kappa shape index (κ3) is 2.05. The number of nitrogens with zero attached hydrogens (tertiary/aromatic N) is 1. The van der Waals surface area contributed by atoms with Gasteiger partial charge in [-0.1, -0.05) is 12.8 Å². The third-order valence-electron chi connectivity index (χ3n) is 3.65. The molecule has 0 aromatic rings. The van der Waals surface area contributed by atoms with Crippen LogP contribution in [0.25, 0.3) is 0 Å². The first-order chi connectivity index (χ1) is 6.27. The highest BCUT2D eigenvalue weighted by atomic mass is 15.2. The quantitative estimate of drug-likeness (QED) is 0.703. The Morgan fingerprint density at radius 1 is 1.31 bits per heavy atom. The Kier molecular flexibility index (Phi) is 2.89. The van der Waals surface area contributed by atoms with Gasteiger partial charge in [0.05, 0.1) is 0 Å². The molecule has 2 aliphatic rings. The summed E-state index contributed by atoms with van der Waals surface area (Å²) in [5, 5.41) is 0. The molecule has 76 valence electrons. The van der Waals surface area contributed by atoms with E-state index in [0.717, 1.165) is 18.5 Å². The van der Waals surface area contributed by atoms with Crippen LogP contribution in [0.2, 0.25) is 0 Å². The summed E-state index contributed by atoms with van der Waals surface area (Å²) in [4.78, 5) is 2.63. The van der Waals surface area contributed by atoms with Gasteiger partial charge in [0, 0.05) is 18.6 Å². The Bertz CT molecular complexity index is 167. The van der Waals surface area contributed by atoms with Gasteiger partial charge in [-0.05, 0) is 38.6 Å². The van der Waals surface area contributed by atoms with Gasteiger partial charge < -0.3 is 5.73 Å². The predicted molar refractivity (Wildman–Crippen MR) is 55.6 cm³/mol. The topological polar surface area (TPSA) is 29.3 Å². The second-order valence-corrected chi connectivity index (χ2v) is 4.87. The maximum Gasteiger partial charge on any atom is 0.0139 e. The van der Waals surface area contributed by atoms with E-state index < -0.39 is 0 Å². The van der Waals surface area contributed by atoms with E-state index in [9.17, 15) is 0 Å². The zero-order valence-corrected chi connectivity index (χ0v) is 8.71. The molecule has 1 heterocycles. The lowest BCUT2D eigenvalue weighted by atomic mass is 9.85. The summed E-state index contributed by atoms with van der Waals surface area (Å²) in [6.45, 7) is 4.54. The second-order valence-electron chi connectivity index (χ2n) is 4.87. The van der Waals surface area contributed by atoms with Crippen LogP contribution < -0.4 is 5.73 Å². The van der Waals surface area contributed by atoms with E-state index in [2.05, 4.69) is 11.8 Å². The van der Waals surface area contributed by atoms with Crippen LogP contribution >= 0.6 is 0 Å². The van der Waals surface area contributed by atoms with Crippen LogP contribution in [0.15, 0.2) is 0 Å². The molecule has 0 aromatic carbocycles. The molecule has 0 aromatic heterocycles.